The molecule has 1 aromatic carbocycles. The predicted molar refractivity (Wildman–Crippen MR) is 38.0 cm³/mol. The molecule has 1 rings (SSSR count). The molecule has 0 atom stereocenters. The van der Waals surface area contributed by atoms with Gasteiger partial charge in [0.25, 0.3) is 0 Å². The van der Waals surface area contributed by atoms with E-state index in [4.69, 9.17) is 5.41 Å². The highest BCUT2D eigenvalue weighted by atomic mass is 14.3. The molecule has 0 saturated carbocycles. The summed E-state index contributed by atoms with van der Waals surface area (Å²) in [6.07, 6.45) is 2.30. The van der Waals surface area contributed by atoms with Crippen LogP contribution in [0.3, 0.4) is 0 Å². The van der Waals surface area contributed by atoms with Crippen molar-refractivity contribution in [3.63, 3.8) is 0 Å². The quantitative estimate of drug-likeness (QED) is 0.544. The Morgan fingerprint density at radius 1 is 1.22 bits per heavy atom. The van der Waals surface area contributed by atoms with Crippen LogP contribution in [0.5, 0.6) is 0 Å². The summed E-state index contributed by atoms with van der Waals surface area (Å²) in [7, 11) is 0. The van der Waals surface area contributed by atoms with Gasteiger partial charge in [-0.1, -0.05) is 29.8 Å². The lowest BCUT2D eigenvalue weighted by Gasteiger charge is -1.89. The lowest BCUT2D eigenvalue weighted by Crippen LogP contribution is -1.77. The smallest absolute Gasteiger partial charge is 0.0867 e. The molecule has 0 bridgehead atoms. The average Bonchev–Trinajstić information content (AvgIpc) is 1.90. The minimum absolute atomic E-state index is 0.834. The van der Waals surface area contributed by atoms with Crippen molar-refractivity contribution in [3.8, 4) is 0 Å². The zero-order chi connectivity index (χ0) is 6.69. The molecule has 0 amide bonds. The molecule has 1 heteroatoms. The highest BCUT2D eigenvalue weighted by molar-refractivity contribution is 5.76. The molecule has 0 aliphatic carbocycles. The van der Waals surface area contributed by atoms with E-state index in [-0.39, 0.29) is 0 Å². The van der Waals surface area contributed by atoms with Crippen molar-refractivity contribution in [1.82, 2.24) is 0 Å². The fourth-order valence-corrected chi connectivity index (χ4v) is 0.637. The van der Waals surface area contributed by atoms with Crippen LogP contribution < -0.4 is 0 Å². The third-order valence-electron chi connectivity index (χ3n) is 1.20. The first kappa shape index (κ1) is 6.02. The maximum Gasteiger partial charge on any atom is 0.0867 e. The lowest BCUT2D eigenvalue weighted by atomic mass is 10.2. The molecule has 1 N–H and O–H groups in total. The van der Waals surface area contributed by atoms with E-state index in [1.165, 1.54) is 5.56 Å². The number of benzene rings is 1. The molecule has 1 radical (unpaired) electrons. The summed E-state index contributed by atoms with van der Waals surface area (Å²) >= 11 is 0. The molecule has 0 heterocycles. The SMILES string of the molecule is Cc1ccc([C]=N)cc1. The van der Waals surface area contributed by atoms with Gasteiger partial charge in [-0.2, -0.15) is 0 Å². The van der Waals surface area contributed by atoms with Gasteiger partial charge in [0, 0.05) is 5.56 Å². The number of rotatable bonds is 1. The van der Waals surface area contributed by atoms with Gasteiger partial charge in [-0.15, -0.1) is 0 Å². The summed E-state index contributed by atoms with van der Waals surface area (Å²) in [5.41, 5.74) is 2.05. The van der Waals surface area contributed by atoms with Crippen molar-refractivity contribution in [2.45, 2.75) is 6.92 Å². The molecule has 0 spiro atoms. The van der Waals surface area contributed by atoms with Gasteiger partial charge < -0.3 is 0 Å². The third-order valence-corrected chi connectivity index (χ3v) is 1.20. The highest BCUT2D eigenvalue weighted by Gasteiger charge is 1.84. The van der Waals surface area contributed by atoms with Crippen LogP contribution in [0.1, 0.15) is 11.1 Å². The van der Waals surface area contributed by atoms with Crippen LogP contribution in [0.2, 0.25) is 0 Å². The normalized spacial score (nSPS) is 9.00. The molecule has 0 fully saturated rings. The number of hydrogen-bond acceptors (Lipinski definition) is 1. The van der Waals surface area contributed by atoms with Gasteiger partial charge in [-0.25, -0.2) is 0 Å². The Kier molecular flexibility index (Phi) is 1.63. The van der Waals surface area contributed by atoms with Crippen LogP contribution >= 0.6 is 0 Å². The van der Waals surface area contributed by atoms with E-state index < -0.39 is 0 Å². The number of hydrogen-bond donors (Lipinski definition) is 1. The van der Waals surface area contributed by atoms with Crippen molar-refractivity contribution in [2.24, 2.45) is 0 Å². The number of nitrogens with one attached hydrogen (secondary N) is 1. The van der Waals surface area contributed by atoms with Crippen molar-refractivity contribution in [2.75, 3.05) is 0 Å². The summed E-state index contributed by atoms with van der Waals surface area (Å²) in [6, 6.07) is 7.69. The minimum Gasteiger partial charge on any atom is -0.298 e. The monoisotopic (exact) mass is 118 g/mol. The zero-order valence-electron chi connectivity index (χ0n) is 5.31. The fourth-order valence-electron chi connectivity index (χ4n) is 0.637. The fraction of sp³-hybridized carbons (Fsp3) is 0.125. The molecule has 9 heavy (non-hydrogen) atoms. The highest BCUT2D eigenvalue weighted by Crippen LogP contribution is 1.98. The average molecular weight is 118 g/mol. The Morgan fingerprint density at radius 3 is 2.22 bits per heavy atom. The van der Waals surface area contributed by atoms with E-state index in [1.807, 2.05) is 31.2 Å². The van der Waals surface area contributed by atoms with Crippen LogP contribution in [0.4, 0.5) is 0 Å². The Balaban J connectivity index is 3.01. The summed E-state index contributed by atoms with van der Waals surface area (Å²) < 4.78 is 0. The van der Waals surface area contributed by atoms with Crippen molar-refractivity contribution < 1.29 is 0 Å². The molecular formula is C8H8N. The number of aryl methyl sites for hydroxylation is 1. The van der Waals surface area contributed by atoms with Crippen LogP contribution in [0.25, 0.3) is 0 Å². The molecule has 1 nitrogen and oxygen atoms in total. The van der Waals surface area contributed by atoms with Crippen molar-refractivity contribution >= 4 is 6.21 Å². The second-order valence-electron chi connectivity index (χ2n) is 1.99. The van der Waals surface area contributed by atoms with Gasteiger partial charge >= 0.3 is 0 Å². The third kappa shape index (κ3) is 1.39. The van der Waals surface area contributed by atoms with Crippen LogP contribution in [0.15, 0.2) is 24.3 Å². The molecule has 0 saturated heterocycles. The molecule has 0 aliphatic rings. The van der Waals surface area contributed by atoms with E-state index in [2.05, 4.69) is 6.21 Å². The Labute approximate surface area is 54.8 Å². The van der Waals surface area contributed by atoms with Crippen LogP contribution in [-0.2, 0) is 0 Å². The Hall–Kier alpha value is -1.11. The van der Waals surface area contributed by atoms with Gasteiger partial charge in [-0.3, -0.25) is 5.41 Å². The second-order valence-corrected chi connectivity index (χ2v) is 1.99. The predicted octanol–water partition coefficient (Wildman–Crippen LogP) is 1.87. The molecule has 45 valence electrons. The minimum atomic E-state index is 0.834. The summed E-state index contributed by atoms with van der Waals surface area (Å²) in [6.45, 7) is 2.02. The summed E-state index contributed by atoms with van der Waals surface area (Å²) in [5.74, 6) is 0. The Bertz CT molecular complexity index is 198. The van der Waals surface area contributed by atoms with E-state index >= 15 is 0 Å². The van der Waals surface area contributed by atoms with E-state index in [1.54, 1.807) is 0 Å². The zero-order valence-corrected chi connectivity index (χ0v) is 5.31. The Morgan fingerprint density at radius 2 is 1.78 bits per heavy atom. The largest absolute Gasteiger partial charge is 0.298 e. The summed E-state index contributed by atoms with van der Waals surface area (Å²) in [4.78, 5) is 0. The lowest BCUT2D eigenvalue weighted by molar-refractivity contribution is 1.45. The van der Waals surface area contributed by atoms with Gasteiger partial charge in [0.2, 0.25) is 0 Å². The van der Waals surface area contributed by atoms with Crippen molar-refractivity contribution in [3.05, 3.63) is 35.4 Å². The van der Waals surface area contributed by atoms with Gasteiger partial charge in [0.1, 0.15) is 0 Å². The first-order valence-electron chi connectivity index (χ1n) is 2.82. The maximum atomic E-state index is 6.76. The first-order valence-corrected chi connectivity index (χ1v) is 2.82. The summed E-state index contributed by atoms with van der Waals surface area (Å²) in [5, 5.41) is 6.76. The standard InChI is InChI=1S/C8H8N/c1-7-2-4-8(6-9)5-3-7/h2-5,9H,1H3. The van der Waals surface area contributed by atoms with Crippen molar-refractivity contribution in [1.29, 1.82) is 5.41 Å². The maximum absolute atomic E-state index is 6.76. The van der Waals surface area contributed by atoms with Crippen LogP contribution in [-0.4, -0.2) is 6.21 Å². The van der Waals surface area contributed by atoms with Gasteiger partial charge in [0.15, 0.2) is 0 Å². The molecule has 1 aromatic rings. The van der Waals surface area contributed by atoms with E-state index in [9.17, 15) is 0 Å². The second kappa shape index (κ2) is 2.44. The topological polar surface area (TPSA) is 23.9 Å². The van der Waals surface area contributed by atoms with Gasteiger partial charge in [0.05, 0.1) is 6.21 Å². The molecule has 0 unspecified atom stereocenters. The molecule has 0 aliphatic heterocycles. The van der Waals surface area contributed by atoms with E-state index in [0.29, 0.717) is 0 Å². The molecule has 0 aromatic heterocycles. The van der Waals surface area contributed by atoms with Gasteiger partial charge in [-0.05, 0) is 6.92 Å². The van der Waals surface area contributed by atoms with Crippen LogP contribution in [0, 0.1) is 12.3 Å². The van der Waals surface area contributed by atoms with E-state index in [0.717, 1.165) is 5.56 Å². The molecular weight excluding hydrogens is 110 g/mol. The first-order chi connectivity index (χ1) is 4.33.